The van der Waals surface area contributed by atoms with Crippen molar-refractivity contribution in [2.45, 2.75) is 20.3 Å². The fourth-order valence-electron chi connectivity index (χ4n) is 2.71. The summed E-state index contributed by atoms with van der Waals surface area (Å²) in [5.41, 5.74) is 1.28. The Hall–Kier alpha value is -3.41. The van der Waals surface area contributed by atoms with Gasteiger partial charge in [-0.2, -0.15) is 0 Å². The first-order valence-corrected chi connectivity index (χ1v) is 7.95. The number of aromatic hydroxyl groups is 4. The Kier molecular flexibility index (Phi) is 4.34. The van der Waals surface area contributed by atoms with Gasteiger partial charge in [0.1, 0.15) is 28.2 Å². The Bertz CT molecular complexity index is 1090. The van der Waals surface area contributed by atoms with Gasteiger partial charge in [-0.15, -0.1) is 0 Å². The van der Waals surface area contributed by atoms with Crippen molar-refractivity contribution in [3.05, 3.63) is 57.8 Å². The van der Waals surface area contributed by atoms with Gasteiger partial charge in [0.05, 0.1) is 0 Å². The summed E-state index contributed by atoms with van der Waals surface area (Å²) in [6.07, 6.45) is 2.11. The number of allylic oxidation sites excluding steroid dienone is 2. The molecular formula is C20H18O6. The topological polar surface area (TPSA) is 111 Å². The SMILES string of the molecule is CC(C)=CCc1c(-c2ccc(O)c(O)c2)oc2cc(O)cc(O)c2c1=O. The molecule has 0 radical (unpaired) electrons. The Balaban J connectivity index is 2.38. The average Bonchev–Trinajstić information content (AvgIpc) is 2.55. The minimum absolute atomic E-state index is 0.0216. The van der Waals surface area contributed by atoms with E-state index in [-0.39, 0.29) is 46.1 Å². The van der Waals surface area contributed by atoms with Crippen molar-refractivity contribution < 1.29 is 24.8 Å². The van der Waals surface area contributed by atoms with Crippen LogP contribution < -0.4 is 5.43 Å². The molecule has 134 valence electrons. The summed E-state index contributed by atoms with van der Waals surface area (Å²) in [6, 6.07) is 6.41. The molecule has 0 aliphatic heterocycles. The highest BCUT2D eigenvalue weighted by atomic mass is 16.3. The zero-order valence-electron chi connectivity index (χ0n) is 14.3. The first kappa shape index (κ1) is 17.4. The maximum Gasteiger partial charge on any atom is 0.200 e. The largest absolute Gasteiger partial charge is 0.508 e. The predicted molar refractivity (Wildman–Crippen MR) is 97.7 cm³/mol. The lowest BCUT2D eigenvalue weighted by Gasteiger charge is -2.11. The van der Waals surface area contributed by atoms with E-state index in [1.54, 1.807) is 0 Å². The lowest BCUT2D eigenvalue weighted by atomic mass is 10.0. The lowest BCUT2D eigenvalue weighted by Crippen LogP contribution is -2.11. The van der Waals surface area contributed by atoms with Crippen LogP contribution in [0, 0.1) is 0 Å². The van der Waals surface area contributed by atoms with Crippen LogP contribution in [0.3, 0.4) is 0 Å². The second-order valence-corrected chi connectivity index (χ2v) is 6.27. The molecule has 4 N–H and O–H groups in total. The molecular weight excluding hydrogens is 336 g/mol. The molecule has 0 aliphatic carbocycles. The highest BCUT2D eigenvalue weighted by Crippen LogP contribution is 2.35. The van der Waals surface area contributed by atoms with E-state index in [4.69, 9.17) is 4.42 Å². The van der Waals surface area contributed by atoms with Gasteiger partial charge in [-0.3, -0.25) is 4.79 Å². The number of phenolic OH excluding ortho intramolecular Hbond substituents is 4. The molecule has 1 heterocycles. The van der Waals surface area contributed by atoms with Gasteiger partial charge in [-0.25, -0.2) is 0 Å². The quantitative estimate of drug-likeness (QED) is 0.421. The van der Waals surface area contributed by atoms with Crippen LogP contribution in [0.4, 0.5) is 0 Å². The van der Waals surface area contributed by atoms with Crippen LogP contribution in [0.5, 0.6) is 23.0 Å². The second kappa shape index (κ2) is 6.48. The summed E-state index contributed by atoms with van der Waals surface area (Å²) in [7, 11) is 0. The van der Waals surface area contributed by atoms with E-state index in [2.05, 4.69) is 0 Å². The zero-order chi connectivity index (χ0) is 19.0. The monoisotopic (exact) mass is 354 g/mol. The van der Waals surface area contributed by atoms with Gasteiger partial charge in [0.2, 0.25) is 5.43 Å². The van der Waals surface area contributed by atoms with Gasteiger partial charge in [0.25, 0.3) is 0 Å². The summed E-state index contributed by atoms with van der Waals surface area (Å²) in [5.74, 6) is -1.06. The summed E-state index contributed by atoms with van der Waals surface area (Å²) < 4.78 is 5.81. The van der Waals surface area contributed by atoms with Gasteiger partial charge in [0.15, 0.2) is 11.5 Å². The summed E-state index contributed by atoms with van der Waals surface area (Å²) in [4.78, 5) is 13.0. The molecule has 3 rings (SSSR count). The number of phenols is 4. The van der Waals surface area contributed by atoms with E-state index in [1.807, 2.05) is 19.9 Å². The van der Waals surface area contributed by atoms with Gasteiger partial charge in [-0.05, 0) is 38.5 Å². The van der Waals surface area contributed by atoms with Crippen molar-refractivity contribution >= 4 is 11.0 Å². The fourth-order valence-corrected chi connectivity index (χ4v) is 2.71. The molecule has 1 aromatic heterocycles. The van der Waals surface area contributed by atoms with Gasteiger partial charge < -0.3 is 24.8 Å². The Morgan fingerprint density at radius 2 is 1.73 bits per heavy atom. The van der Waals surface area contributed by atoms with Crippen molar-refractivity contribution in [2.75, 3.05) is 0 Å². The summed E-state index contributed by atoms with van der Waals surface area (Å²) >= 11 is 0. The molecule has 0 atom stereocenters. The van der Waals surface area contributed by atoms with E-state index in [9.17, 15) is 25.2 Å². The minimum atomic E-state index is -0.427. The Morgan fingerprint density at radius 1 is 1.00 bits per heavy atom. The zero-order valence-corrected chi connectivity index (χ0v) is 14.3. The molecule has 0 spiro atoms. The van der Waals surface area contributed by atoms with Crippen LogP contribution in [0.1, 0.15) is 19.4 Å². The van der Waals surface area contributed by atoms with Crippen molar-refractivity contribution in [3.63, 3.8) is 0 Å². The molecule has 0 saturated carbocycles. The lowest BCUT2D eigenvalue weighted by molar-refractivity contribution is 0.404. The highest BCUT2D eigenvalue weighted by molar-refractivity contribution is 5.87. The number of hydrogen-bond donors (Lipinski definition) is 4. The van der Waals surface area contributed by atoms with Crippen LogP contribution >= 0.6 is 0 Å². The number of fused-ring (bicyclic) bond motifs is 1. The molecule has 0 bridgehead atoms. The third-order valence-electron chi connectivity index (χ3n) is 4.01. The summed E-state index contributed by atoms with van der Waals surface area (Å²) in [5, 5.41) is 39.0. The first-order valence-electron chi connectivity index (χ1n) is 7.95. The van der Waals surface area contributed by atoms with E-state index < -0.39 is 5.43 Å². The molecule has 0 saturated heterocycles. The number of rotatable bonds is 3. The Morgan fingerprint density at radius 3 is 2.38 bits per heavy atom. The van der Waals surface area contributed by atoms with Crippen LogP contribution in [0.25, 0.3) is 22.3 Å². The highest BCUT2D eigenvalue weighted by Gasteiger charge is 2.19. The molecule has 6 nitrogen and oxygen atoms in total. The van der Waals surface area contributed by atoms with Crippen LogP contribution in [0.15, 0.2) is 51.2 Å². The maximum atomic E-state index is 13.0. The van der Waals surface area contributed by atoms with Crippen LogP contribution in [-0.4, -0.2) is 20.4 Å². The number of hydrogen-bond acceptors (Lipinski definition) is 6. The first-order chi connectivity index (χ1) is 12.3. The molecule has 3 aromatic rings. The number of benzene rings is 2. The van der Waals surface area contributed by atoms with Gasteiger partial charge in [-0.1, -0.05) is 11.6 Å². The normalized spacial score (nSPS) is 10.8. The third kappa shape index (κ3) is 3.09. The second-order valence-electron chi connectivity index (χ2n) is 6.27. The molecule has 0 fully saturated rings. The fraction of sp³-hybridized carbons (Fsp3) is 0.150. The smallest absolute Gasteiger partial charge is 0.200 e. The average molecular weight is 354 g/mol. The summed E-state index contributed by atoms with van der Waals surface area (Å²) in [6.45, 7) is 3.79. The predicted octanol–water partition coefficient (Wildman–Crippen LogP) is 3.79. The van der Waals surface area contributed by atoms with E-state index in [0.29, 0.717) is 11.1 Å². The molecule has 6 heteroatoms. The molecule has 0 amide bonds. The maximum absolute atomic E-state index is 13.0. The van der Waals surface area contributed by atoms with Gasteiger partial charge in [0, 0.05) is 23.3 Å². The van der Waals surface area contributed by atoms with E-state index >= 15 is 0 Å². The minimum Gasteiger partial charge on any atom is -0.508 e. The van der Waals surface area contributed by atoms with Crippen LogP contribution in [-0.2, 0) is 6.42 Å². The standard InChI is InChI=1S/C20H18O6/c1-10(2)3-5-13-19(25)18-16(24)8-12(21)9-17(18)26-20(13)11-4-6-14(22)15(23)7-11/h3-4,6-9,21-24H,5H2,1-2H3. The van der Waals surface area contributed by atoms with Gasteiger partial charge >= 0.3 is 0 Å². The van der Waals surface area contributed by atoms with Crippen molar-refractivity contribution in [1.29, 1.82) is 0 Å². The van der Waals surface area contributed by atoms with Crippen LogP contribution in [0.2, 0.25) is 0 Å². The molecule has 26 heavy (non-hydrogen) atoms. The third-order valence-corrected chi connectivity index (χ3v) is 4.01. The van der Waals surface area contributed by atoms with Crippen molar-refractivity contribution in [1.82, 2.24) is 0 Å². The van der Waals surface area contributed by atoms with Crippen molar-refractivity contribution in [2.24, 2.45) is 0 Å². The Labute approximate surface area is 148 Å². The molecule has 0 unspecified atom stereocenters. The molecule has 0 aliphatic rings. The van der Waals surface area contributed by atoms with E-state index in [0.717, 1.165) is 11.6 Å². The molecule has 2 aromatic carbocycles. The van der Waals surface area contributed by atoms with E-state index in [1.165, 1.54) is 24.3 Å². The van der Waals surface area contributed by atoms with Crippen molar-refractivity contribution in [3.8, 4) is 34.3 Å².